The van der Waals surface area contributed by atoms with E-state index in [-0.39, 0.29) is 17.7 Å². The van der Waals surface area contributed by atoms with E-state index >= 15 is 0 Å². The van der Waals surface area contributed by atoms with Crippen molar-refractivity contribution in [3.8, 4) is 0 Å². The van der Waals surface area contributed by atoms with Crippen molar-refractivity contribution in [2.75, 3.05) is 19.6 Å². The van der Waals surface area contributed by atoms with Crippen LogP contribution in [-0.4, -0.2) is 53.2 Å². The van der Waals surface area contributed by atoms with Gasteiger partial charge in [-0.3, -0.25) is 14.4 Å². The Morgan fingerprint density at radius 2 is 1.67 bits per heavy atom. The maximum atomic E-state index is 13.0. The molecule has 2 heterocycles. The summed E-state index contributed by atoms with van der Waals surface area (Å²) in [5.41, 5.74) is 6.13. The summed E-state index contributed by atoms with van der Waals surface area (Å²) in [7, 11) is 0. The summed E-state index contributed by atoms with van der Waals surface area (Å²) in [6.45, 7) is 3.73. The molecule has 0 bridgehead atoms. The molecule has 2 fully saturated rings. The van der Waals surface area contributed by atoms with Gasteiger partial charge in [0.05, 0.1) is 0 Å². The minimum Gasteiger partial charge on any atom is -0.368 e. The second kappa shape index (κ2) is 8.30. The molecule has 1 aromatic rings. The zero-order valence-electron chi connectivity index (χ0n) is 15.6. The highest BCUT2D eigenvalue weighted by atomic mass is 35.5. The van der Waals surface area contributed by atoms with Crippen LogP contribution in [-0.2, 0) is 9.59 Å². The third kappa shape index (κ3) is 4.43. The Morgan fingerprint density at radius 3 is 2.26 bits per heavy atom. The fraction of sp³-hybridized carbons (Fsp3) is 0.550. The number of rotatable bonds is 3. The Hall–Kier alpha value is -2.08. The molecule has 0 radical (unpaired) electrons. The molecule has 2 saturated heterocycles. The topological polar surface area (TPSA) is 83.7 Å². The summed E-state index contributed by atoms with van der Waals surface area (Å²) >= 11 is 5.87. The predicted molar refractivity (Wildman–Crippen MR) is 103 cm³/mol. The van der Waals surface area contributed by atoms with Crippen molar-refractivity contribution >= 4 is 29.3 Å². The maximum absolute atomic E-state index is 13.0. The lowest BCUT2D eigenvalue weighted by Crippen LogP contribution is -2.54. The van der Waals surface area contributed by atoms with Crippen LogP contribution in [0.2, 0.25) is 5.02 Å². The number of carbonyl (C=O) groups is 3. The van der Waals surface area contributed by atoms with E-state index in [1.165, 1.54) is 0 Å². The Kier molecular flexibility index (Phi) is 6.05. The Bertz CT molecular complexity index is 714. The fourth-order valence-corrected chi connectivity index (χ4v) is 4.14. The first-order chi connectivity index (χ1) is 12.9. The van der Waals surface area contributed by atoms with Gasteiger partial charge >= 0.3 is 0 Å². The smallest absolute Gasteiger partial charge is 0.253 e. The third-order valence-corrected chi connectivity index (χ3v) is 5.95. The van der Waals surface area contributed by atoms with Crippen molar-refractivity contribution in [3.05, 3.63) is 34.9 Å². The van der Waals surface area contributed by atoms with Gasteiger partial charge in [0, 0.05) is 36.1 Å². The molecule has 6 nitrogen and oxygen atoms in total. The molecule has 3 amide bonds. The molecule has 0 aromatic heterocycles. The van der Waals surface area contributed by atoms with Crippen molar-refractivity contribution in [1.29, 1.82) is 0 Å². The van der Waals surface area contributed by atoms with Gasteiger partial charge in [0.15, 0.2) is 0 Å². The molecular formula is C20H26ClN3O3. The van der Waals surface area contributed by atoms with Crippen LogP contribution < -0.4 is 5.73 Å². The van der Waals surface area contributed by atoms with Gasteiger partial charge in [-0.25, -0.2) is 0 Å². The number of benzene rings is 1. The molecule has 27 heavy (non-hydrogen) atoms. The Balaban J connectivity index is 1.59. The van der Waals surface area contributed by atoms with Crippen LogP contribution in [0.15, 0.2) is 24.3 Å². The molecule has 1 aromatic carbocycles. The highest BCUT2D eigenvalue weighted by Gasteiger charge is 2.38. The number of piperidine rings is 2. The summed E-state index contributed by atoms with van der Waals surface area (Å²) in [6, 6.07) is 6.33. The van der Waals surface area contributed by atoms with Crippen molar-refractivity contribution in [2.45, 2.75) is 38.6 Å². The highest BCUT2D eigenvalue weighted by molar-refractivity contribution is 6.30. The lowest BCUT2D eigenvalue weighted by atomic mass is 9.88. The number of carbonyl (C=O) groups excluding carboxylic acids is 3. The average molecular weight is 392 g/mol. The molecule has 2 N–H and O–H groups in total. The largest absolute Gasteiger partial charge is 0.368 e. The summed E-state index contributed by atoms with van der Waals surface area (Å²) in [5.74, 6) is -0.228. The minimum atomic E-state index is -0.505. The fourth-order valence-electron chi connectivity index (χ4n) is 4.01. The van der Waals surface area contributed by atoms with Gasteiger partial charge in [-0.2, -0.15) is 0 Å². The summed E-state index contributed by atoms with van der Waals surface area (Å²) in [6.07, 6.45) is 2.74. The first-order valence-corrected chi connectivity index (χ1v) is 9.89. The van der Waals surface area contributed by atoms with Crippen LogP contribution in [0.25, 0.3) is 0 Å². The van der Waals surface area contributed by atoms with Gasteiger partial charge < -0.3 is 15.5 Å². The maximum Gasteiger partial charge on any atom is 0.253 e. The third-order valence-electron chi connectivity index (χ3n) is 5.70. The van der Waals surface area contributed by atoms with Gasteiger partial charge in [0.1, 0.15) is 6.04 Å². The van der Waals surface area contributed by atoms with Crippen molar-refractivity contribution in [1.82, 2.24) is 9.80 Å². The van der Waals surface area contributed by atoms with Crippen LogP contribution in [0.4, 0.5) is 0 Å². The van der Waals surface area contributed by atoms with Gasteiger partial charge in [0.2, 0.25) is 11.8 Å². The van der Waals surface area contributed by atoms with Gasteiger partial charge in [0.25, 0.3) is 5.91 Å². The lowest BCUT2D eigenvalue weighted by Gasteiger charge is -2.40. The highest BCUT2D eigenvalue weighted by Crippen LogP contribution is 2.28. The predicted octanol–water partition coefficient (Wildman–Crippen LogP) is 2.30. The molecule has 0 saturated carbocycles. The number of likely N-dealkylation sites (tertiary alicyclic amines) is 2. The SMILES string of the molecule is C[C@@H]1CCN(C(=O)C2CCN(C(=O)c3ccc(Cl)cc3)CC2)[C@H](C(N)=O)C1. The molecule has 0 unspecified atom stereocenters. The summed E-state index contributed by atoms with van der Waals surface area (Å²) in [4.78, 5) is 40.8. The number of nitrogens with two attached hydrogens (primary N) is 1. The van der Waals surface area contributed by atoms with Crippen LogP contribution in [0.5, 0.6) is 0 Å². The second-order valence-corrected chi connectivity index (χ2v) is 8.09. The minimum absolute atomic E-state index is 0.00397. The molecule has 7 heteroatoms. The number of hydrogen-bond donors (Lipinski definition) is 1. The first kappa shape index (κ1) is 19.7. The van der Waals surface area contributed by atoms with E-state index in [1.807, 2.05) is 0 Å². The molecule has 2 aliphatic rings. The van der Waals surface area contributed by atoms with Crippen LogP contribution in [0, 0.1) is 11.8 Å². The standard InChI is InChI=1S/C20H26ClN3O3/c1-13-6-11-24(17(12-13)18(22)25)20(27)15-7-9-23(10-8-15)19(26)14-2-4-16(21)5-3-14/h2-5,13,15,17H,6-12H2,1H3,(H2,22,25)/t13-,17+/m1/s1. The first-order valence-electron chi connectivity index (χ1n) is 9.51. The van der Waals surface area contributed by atoms with Crippen LogP contribution in [0.1, 0.15) is 43.0 Å². The molecule has 2 atom stereocenters. The Morgan fingerprint density at radius 1 is 1.04 bits per heavy atom. The van der Waals surface area contributed by atoms with Crippen LogP contribution in [0.3, 0.4) is 0 Å². The van der Waals surface area contributed by atoms with E-state index in [1.54, 1.807) is 34.1 Å². The monoisotopic (exact) mass is 391 g/mol. The zero-order valence-corrected chi connectivity index (χ0v) is 16.3. The molecule has 2 aliphatic heterocycles. The van der Waals surface area contributed by atoms with Crippen molar-refractivity contribution < 1.29 is 14.4 Å². The second-order valence-electron chi connectivity index (χ2n) is 7.65. The van der Waals surface area contributed by atoms with E-state index in [2.05, 4.69) is 6.92 Å². The Labute approximate surface area is 164 Å². The summed E-state index contributed by atoms with van der Waals surface area (Å²) < 4.78 is 0. The van der Waals surface area contributed by atoms with E-state index in [9.17, 15) is 14.4 Å². The van der Waals surface area contributed by atoms with E-state index in [0.29, 0.717) is 55.4 Å². The summed E-state index contributed by atoms with van der Waals surface area (Å²) in [5, 5.41) is 0.593. The quantitative estimate of drug-likeness (QED) is 0.858. The van der Waals surface area contributed by atoms with E-state index in [4.69, 9.17) is 17.3 Å². The van der Waals surface area contributed by atoms with Crippen molar-refractivity contribution in [2.24, 2.45) is 17.6 Å². The van der Waals surface area contributed by atoms with E-state index in [0.717, 1.165) is 6.42 Å². The number of hydrogen-bond acceptors (Lipinski definition) is 3. The lowest BCUT2D eigenvalue weighted by molar-refractivity contribution is -0.146. The molecule has 146 valence electrons. The number of halogens is 1. The van der Waals surface area contributed by atoms with Crippen LogP contribution >= 0.6 is 11.6 Å². The number of amides is 3. The number of nitrogens with zero attached hydrogens (tertiary/aromatic N) is 2. The molecule has 0 spiro atoms. The molecule has 0 aliphatic carbocycles. The van der Waals surface area contributed by atoms with Crippen molar-refractivity contribution in [3.63, 3.8) is 0 Å². The number of primary amides is 1. The van der Waals surface area contributed by atoms with Gasteiger partial charge in [-0.05, 0) is 55.9 Å². The van der Waals surface area contributed by atoms with E-state index < -0.39 is 11.9 Å². The average Bonchev–Trinajstić information content (AvgIpc) is 2.67. The van der Waals surface area contributed by atoms with Gasteiger partial charge in [-0.1, -0.05) is 18.5 Å². The molecule has 3 rings (SSSR count). The van der Waals surface area contributed by atoms with Gasteiger partial charge in [-0.15, -0.1) is 0 Å². The normalized spacial score (nSPS) is 23.9. The molecular weight excluding hydrogens is 366 g/mol. The zero-order chi connectivity index (χ0) is 19.6.